The molecule has 1 fully saturated rings. The molecular weight excluding hydrogens is 288 g/mol. The van der Waals surface area contributed by atoms with Crippen LogP contribution in [0, 0.1) is 5.92 Å². The van der Waals surface area contributed by atoms with Gasteiger partial charge in [-0.15, -0.1) is 11.3 Å². The monoisotopic (exact) mass is 306 g/mol. The maximum Gasteiger partial charge on any atom is 0.0931 e. The van der Waals surface area contributed by atoms with Crippen molar-refractivity contribution in [1.82, 2.24) is 4.90 Å². The number of nitrogens with zero attached hydrogens (tertiary/aromatic N) is 1. The molecule has 1 aliphatic heterocycles. The van der Waals surface area contributed by atoms with E-state index in [0.717, 1.165) is 30.5 Å². The maximum atomic E-state index is 6.01. The van der Waals surface area contributed by atoms with Crippen LogP contribution in [0.5, 0.6) is 0 Å². The molecule has 2 atom stereocenters. The quantitative estimate of drug-likeness (QED) is 0.935. The van der Waals surface area contributed by atoms with Crippen molar-refractivity contribution in [3.05, 3.63) is 57.2 Å². The number of thiophene rings is 1. The third kappa shape index (κ3) is 3.07. The summed E-state index contributed by atoms with van der Waals surface area (Å²) in [7, 11) is 0. The first kappa shape index (κ1) is 14.1. The van der Waals surface area contributed by atoms with Gasteiger partial charge in [-0.25, -0.2) is 0 Å². The van der Waals surface area contributed by atoms with E-state index in [1.165, 1.54) is 10.4 Å². The zero-order chi connectivity index (χ0) is 13.9. The van der Waals surface area contributed by atoms with Gasteiger partial charge in [0.1, 0.15) is 0 Å². The lowest BCUT2D eigenvalue weighted by atomic mass is 9.89. The molecular formula is C16H19ClN2S. The van der Waals surface area contributed by atoms with Gasteiger partial charge in [0.25, 0.3) is 0 Å². The van der Waals surface area contributed by atoms with Gasteiger partial charge in [-0.3, -0.25) is 4.90 Å². The van der Waals surface area contributed by atoms with Crippen molar-refractivity contribution in [1.29, 1.82) is 0 Å². The van der Waals surface area contributed by atoms with Crippen LogP contribution in [0.3, 0.4) is 0 Å². The predicted octanol–water partition coefficient (Wildman–Crippen LogP) is 3.58. The lowest BCUT2D eigenvalue weighted by Crippen LogP contribution is -2.22. The van der Waals surface area contributed by atoms with E-state index in [-0.39, 0.29) is 0 Å². The number of benzene rings is 1. The third-order valence-corrected chi connectivity index (χ3v) is 5.27. The summed E-state index contributed by atoms with van der Waals surface area (Å²) in [4.78, 5) is 3.83. The summed E-state index contributed by atoms with van der Waals surface area (Å²) in [5.74, 6) is 1.10. The molecule has 0 aliphatic carbocycles. The molecule has 2 N–H and O–H groups in total. The van der Waals surface area contributed by atoms with E-state index < -0.39 is 0 Å². The maximum absolute atomic E-state index is 6.01. The average Bonchev–Trinajstić information content (AvgIpc) is 3.06. The Morgan fingerprint density at radius 2 is 1.95 bits per heavy atom. The van der Waals surface area contributed by atoms with Gasteiger partial charge in [0, 0.05) is 30.4 Å². The van der Waals surface area contributed by atoms with Crippen molar-refractivity contribution in [3.63, 3.8) is 0 Å². The van der Waals surface area contributed by atoms with Gasteiger partial charge in [0.2, 0.25) is 0 Å². The summed E-state index contributed by atoms with van der Waals surface area (Å²) < 4.78 is 0.870. The van der Waals surface area contributed by atoms with E-state index in [1.54, 1.807) is 11.3 Å². The van der Waals surface area contributed by atoms with Crippen molar-refractivity contribution in [2.75, 3.05) is 19.6 Å². The molecule has 3 rings (SSSR count). The second kappa shape index (κ2) is 6.27. The van der Waals surface area contributed by atoms with Crippen LogP contribution in [0.1, 0.15) is 16.4 Å². The first-order valence-electron chi connectivity index (χ1n) is 6.98. The van der Waals surface area contributed by atoms with Crippen LogP contribution in [0.4, 0.5) is 0 Å². The standard InChI is InChI=1S/C16H19ClN2S/c17-16-7-6-14(20-16)10-19-9-13(8-18)15(11-19)12-4-2-1-3-5-12/h1-7,13,15H,8-11,18H2/t13-,15+/m1/s1. The van der Waals surface area contributed by atoms with E-state index in [9.17, 15) is 0 Å². The van der Waals surface area contributed by atoms with E-state index in [1.807, 2.05) is 6.07 Å². The Balaban J connectivity index is 1.71. The minimum atomic E-state index is 0.549. The van der Waals surface area contributed by atoms with E-state index in [2.05, 4.69) is 41.3 Å². The first-order chi connectivity index (χ1) is 9.76. The lowest BCUT2D eigenvalue weighted by molar-refractivity contribution is 0.319. The van der Waals surface area contributed by atoms with E-state index in [4.69, 9.17) is 17.3 Å². The number of rotatable bonds is 4. The zero-order valence-corrected chi connectivity index (χ0v) is 12.9. The third-order valence-electron chi connectivity index (χ3n) is 4.06. The fraction of sp³-hybridized carbons (Fsp3) is 0.375. The van der Waals surface area contributed by atoms with Crippen molar-refractivity contribution in [3.8, 4) is 0 Å². The number of hydrogen-bond donors (Lipinski definition) is 1. The summed E-state index contributed by atoms with van der Waals surface area (Å²) in [6, 6.07) is 14.8. The molecule has 106 valence electrons. The van der Waals surface area contributed by atoms with E-state index >= 15 is 0 Å². The van der Waals surface area contributed by atoms with Crippen molar-refractivity contribution < 1.29 is 0 Å². The molecule has 20 heavy (non-hydrogen) atoms. The molecule has 1 saturated heterocycles. The van der Waals surface area contributed by atoms with Crippen LogP contribution in [-0.4, -0.2) is 24.5 Å². The van der Waals surface area contributed by atoms with Gasteiger partial charge in [-0.05, 0) is 30.2 Å². The number of nitrogens with two attached hydrogens (primary N) is 1. The Kier molecular flexibility index (Phi) is 4.41. The van der Waals surface area contributed by atoms with Gasteiger partial charge in [-0.1, -0.05) is 41.9 Å². The minimum Gasteiger partial charge on any atom is -0.330 e. The molecule has 0 spiro atoms. The zero-order valence-electron chi connectivity index (χ0n) is 11.3. The summed E-state index contributed by atoms with van der Waals surface area (Å²) in [5, 5.41) is 0. The highest BCUT2D eigenvalue weighted by atomic mass is 35.5. The van der Waals surface area contributed by atoms with Crippen LogP contribution >= 0.6 is 22.9 Å². The van der Waals surface area contributed by atoms with Crippen molar-refractivity contribution in [2.24, 2.45) is 11.7 Å². The lowest BCUT2D eigenvalue weighted by Gasteiger charge is -2.16. The molecule has 0 bridgehead atoms. The highest BCUT2D eigenvalue weighted by molar-refractivity contribution is 7.16. The molecule has 0 radical (unpaired) electrons. The summed E-state index contributed by atoms with van der Waals surface area (Å²) in [5.41, 5.74) is 7.39. The van der Waals surface area contributed by atoms with Gasteiger partial charge in [-0.2, -0.15) is 0 Å². The van der Waals surface area contributed by atoms with Gasteiger partial charge in [0.05, 0.1) is 4.34 Å². The number of halogens is 1. The fourth-order valence-corrected chi connectivity index (χ4v) is 4.19. The van der Waals surface area contributed by atoms with Crippen LogP contribution in [-0.2, 0) is 6.54 Å². The molecule has 4 heteroatoms. The number of likely N-dealkylation sites (tertiary alicyclic amines) is 1. The minimum absolute atomic E-state index is 0.549. The second-order valence-electron chi connectivity index (χ2n) is 5.41. The Hall–Kier alpha value is -0.870. The highest BCUT2D eigenvalue weighted by Crippen LogP contribution is 2.33. The topological polar surface area (TPSA) is 29.3 Å². The largest absolute Gasteiger partial charge is 0.330 e. The van der Waals surface area contributed by atoms with Crippen LogP contribution in [0.25, 0.3) is 0 Å². The molecule has 0 amide bonds. The normalized spacial score (nSPS) is 23.3. The highest BCUT2D eigenvalue weighted by Gasteiger charge is 2.32. The van der Waals surface area contributed by atoms with E-state index in [0.29, 0.717) is 11.8 Å². The molecule has 1 aromatic heterocycles. The Morgan fingerprint density at radius 1 is 1.15 bits per heavy atom. The molecule has 2 nitrogen and oxygen atoms in total. The van der Waals surface area contributed by atoms with Gasteiger partial charge < -0.3 is 5.73 Å². The molecule has 2 aromatic rings. The molecule has 0 unspecified atom stereocenters. The Morgan fingerprint density at radius 3 is 2.60 bits per heavy atom. The second-order valence-corrected chi connectivity index (χ2v) is 7.21. The fourth-order valence-electron chi connectivity index (χ4n) is 3.06. The van der Waals surface area contributed by atoms with Crippen LogP contribution in [0.15, 0.2) is 42.5 Å². The van der Waals surface area contributed by atoms with Gasteiger partial charge >= 0.3 is 0 Å². The SMILES string of the molecule is NC[C@@H]1CN(Cc2ccc(Cl)s2)C[C@H]1c1ccccc1. The molecule has 0 saturated carbocycles. The van der Waals surface area contributed by atoms with Crippen molar-refractivity contribution >= 4 is 22.9 Å². The van der Waals surface area contributed by atoms with Crippen LogP contribution < -0.4 is 5.73 Å². The Bertz CT molecular complexity index is 555. The molecule has 1 aliphatic rings. The average molecular weight is 307 g/mol. The molecule has 2 heterocycles. The predicted molar refractivity (Wildman–Crippen MR) is 86.3 cm³/mol. The summed E-state index contributed by atoms with van der Waals surface area (Å²) in [6.45, 7) is 3.89. The van der Waals surface area contributed by atoms with Crippen molar-refractivity contribution in [2.45, 2.75) is 12.5 Å². The van der Waals surface area contributed by atoms with Crippen LogP contribution in [0.2, 0.25) is 4.34 Å². The summed E-state index contributed by atoms with van der Waals surface area (Å²) in [6.07, 6.45) is 0. The first-order valence-corrected chi connectivity index (χ1v) is 8.17. The molecule has 1 aromatic carbocycles. The Labute approximate surface area is 129 Å². The summed E-state index contributed by atoms with van der Waals surface area (Å²) >= 11 is 7.68. The van der Waals surface area contributed by atoms with Gasteiger partial charge in [0.15, 0.2) is 0 Å². The smallest absolute Gasteiger partial charge is 0.0931 e. The number of hydrogen-bond acceptors (Lipinski definition) is 3.